The maximum absolute atomic E-state index is 13.8. The van der Waals surface area contributed by atoms with Crippen molar-refractivity contribution in [2.24, 2.45) is 0 Å². The first kappa shape index (κ1) is 14.8. The van der Waals surface area contributed by atoms with E-state index >= 15 is 0 Å². The van der Waals surface area contributed by atoms with Crippen LogP contribution in [0, 0.1) is 5.82 Å². The predicted molar refractivity (Wildman–Crippen MR) is 74.5 cm³/mol. The fraction of sp³-hybridized carbons (Fsp3) is 0.0714. The van der Waals surface area contributed by atoms with E-state index in [0.29, 0.717) is 10.6 Å². The molecule has 0 aliphatic rings. The molecule has 0 fully saturated rings. The number of carboxylic acid groups (broad SMARTS) is 1. The number of rotatable bonds is 3. The third-order valence-corrected chi connectivity index (χ3v) is 3.51. The van der Waals surface area contributed by atoms with E-state index in [2.05, 4.69) is 0 Å². The summed E-state index contributed by atoms with van der Waals surface area (Å²) in [5.74, 6) is -1.96. The van der Waals surface area contributed by atoms with E-state index < -0.39 is 17.9 Å². The van der Waals surface area contributed by atoms with Crippen LogP contribution >= 0.6 is 23.2 Å². The molecule has 0 heterocycles. The van der Waals surface area contributed by atoms with E-state index in [1.165, 1.54) is 24.3 Å². The molecule has 20 heavy (non-hydrogen) atoms. The summed E-state index contributed by atoms with van der Waals surface area (Å²) >= 11 is 11.7. The van der Waals surface area contributed by atoms with Gasteiger partial charge in [0.15, 0.2) is 6.10 Å². The summed E-state index contributed by atoms with van der Waals surface area (Å²) in [5, 5.41) is 18.8. The molecule has 6 heteroatoms. The highest BCUT2D eigenvalue weighted by atomic mass is 35.5. The smallest absolute Gasteiger partial charge is 0.337 e. The summed E-state index contributed by atoms with van der Waals surface area (Å²) in [6.45, 7) is 0. The van der Waals surface area contributed by atoms with Crippen LogP contribution in [-0.4, -0.2) is 16.2 Å². The zero-order chi connectivity index (χ0) is 14.9. The highest BCUT2D eigenvalue weighted by molar-refractivity contribution is 6.42. The van der Waals surface area contributed by atoms with E-state index in [-0.39, 0.29) is 16.1 Å². The second kappa shape index (κ2) is 5.79. The van der Waals surface area contributed by atoms with Crippen LogP contribution in [0.5, 0.6) is 0 Å². The van der Waals surface area contributed by atoms with Crippen LogP contribution in [-0.2, 0) is 4.79 Å². The fourth-order valence-corrected chi connectivity index (χ4v) is 2.04. The van der Waals surface area contributed by atoms with Gasteiger partial charge in [-0.05, 0) is 35.4 Å². The van der Waals surface area contributed by atoms with E-state index in [9.17, 15) is 14.3 Å². The average Bonchev–Trinajstić information content (AvgIpc) is 2.41. The molecule has 3 nitrogen and oxygen atoms in total. The first-order chi connectivity index (χ1) is 9.40. The van der Waals surface area contributed by atoms with Gasteiger partial charge in [0.25, 0.3) is 0 Å². The summed E-state index contributed by atoms with van der Waals surface area (Å²) in [7, 11) is 0. The molecular formula is C14H9Cl2FO3. The number of benzene rings is 2. The van der Waals surface area contributed by atoms with Crippen molar-refractivity contribution >= 4 is 29.2 Å². The number of aliphatic hydroxyl groups is 1. The Balaban J connectivity index is 2.52. The largest absolute Gasteiger partial charge is 0.479 e. The zero-order valence-corrected chi connectivity index (χ0v) is 11.5. The highest BCUT2D eigenvalue weighted by Crippen LogP contribution is 2.31. The van der Waals surface area contributed by atoms with Gasteiger partial charge >= 0.3 is 5.97 Å². The van der Waals surface area contributed by atoms with Gasteiger partial charge in [-0.15, -0.1) is 0 Å². The van der Waals surface area contributed by atoms with Crippen LogP contribution in [0.3, 0.4) is 0 Å². The average molecular weight is 315 g/mol. The molecule has 0 amide bonds. The zero-order valence-electron chi connectivity index (χ0n) is 9.98. The normalized spacial score (nSPS) is 12.2. The Morgan fingerprint density at radius 1 is 1.10 bits per heavy atom. The molecule has 0 radical (unpaired) electrons. The summed E-state index contributed by atoms with van der Waals surface area (Å²) in [4.78, 5) is 10.7. The van der Waals surface area contributed by atoms with Crippen molar-refractivity contribution in [3.63, 3.8) is 0 Å². The second-order valence-corrected chi connectivity index (χ2v) is 4.92. The molecule has 0 aliphatic heterocycles. The minimum atomic E-state index is -1.71. The molecule has 0 aromatic heterocycles. The SMILES string of the molecule is O=C(O)C(O)c1ccc(F)c(-c2ccc(Cl)c(Cl)c2)c1. The van der Waals surface area contributed by atoms with E-state index in [0.717, 1.165) is 6.07 Å². The molecule has 2 aromatic carbocycles. The van der Waals surface area contributed by atoms with Gasteiger partial charge in [-0.3, -0.25) is 0 Å². The summed E-state index contributed by atoms with van der Waals surface area (Å²) in [5.41, 5.74) is 0.665. The van der Waals surface area contributed by atoms with Crippen molar-refractivity contribution in [1.82, 2.24) is 0 Å². The lowest BCUT2D eigenvalue weighted by Gasteiger charge is -2.10. The minimum absolute atomic E-state index is 0.0833. The summed E-state index contributed by atoms with van der Waals surface area (Å²) in [6.07, 6.45) is -1.71. The van der Waals surface area contributed by atoms with Crippen LogP contribution in [0.1, 0.15) is 11.7 Å². The molecular weight excluding hydrogens is 306 g/mol. The number of carboxylic acids is 1. The van der Waals surface area contributed by atoms with Crippen molar-refractivity contribution in [3.8, 4) is 11.1 Å². The molecule has 1 atom stereocenters. The van der Waals surface area contributed by atoms with Gasteiger partial charge in [0.05, 0.1) is 10.0 Å². The standard InChI is InChI=1S/C14H9Cl2FO3/c15-10-3-1-7(6-11(10)16)9-5-8(2-4-12(9)17)13(18)14(19)20/h1-6,13,18H,(H,19,20). The predicted octanol–water partition coefficient (Wildman–Crippen LogP) is 3.92. The van der Waals surface area contributed by atoms with E-state index in [1.54, 1.807) is 6.07 Å². The molecule has 1 unspecified atom stereocenters. The Labute approximate surface area is 124 Å². The molecule has 0 bridgehead atoms. The van der Waals surface area contributed by atoms with Gasteiger partial charge < -0.3 is 10.2 Å². The van der Waals surface area contributed by atoms with E-state index in [4.69, 9.17) is 28.3 Å². The Morgan fingerprint density at radius 3 is 2.40 bits per heavy atom. The van der Waals surface area contributed by atoms with Gasteiger partial charge in [-0.25, -0.2) is 9.18 Å². The topological polar surface area (TPSA) is 57.5 Å². The van der Waals surface area contributed by atoms with Gasteiger partial charge in [-0.2, -0.15) is 0 Å². The number of hydrogen-bond donors (Lipinski definition) is 2. The molecule has 104 valence electrons. The Bertz CT molecular complexity index is 673. The second-order valence-electron chi connectivity index (χ2n) is 4.11. The number of aliphatic carboxylic acids is 1. The van der Waals surface area contributed by atoms with Crippen molar-refractivity contribution in [1.29, 1.82) is 0 Å². The minimum Gasteiger partial charge on any atom is -0.479 e. The molecule has 2 aromatic rings. The van der Waals surface area contributed by atoms with Crippen LogP contribution in [0.25, 0.3) is 11.1 Å². The number of halogens is 3. The molecule has 0 spiro atoms. The van der Waals surface area contributed by atoms with Crippen LogP contribution < -0.4 is 0 Å². The molecule has 0 saturated carbocycles. The maximum Gasteiger partial charge on any atom is 0.337 e. The fourth-order valence-electron chi connectivity index (χ4n) is 1.74. The number of carbonyl (C=O) groups is 1. The Kier molecular flexibility index (Phi) is 4.28. The van der Waals surface area contributed by atoms with Crippen LogP contribution in [0.2, 0.25) is 10.0 Å². The molecule has 2 N–H and O–H groups in total. The highest BCUT2D eigenvalue weighted by Gasteiger charge is 2.18. The van der Waals surface area contributed by atoms with Crippen LogP contribution in [0.4, 0.5) is 4.39 Å². The Morgan fingerprint density at radius 2 is 1.80 bits per heavy atom. The summed E-state index contributed by atoms with van der Waals surface area (Å²) < 4.78 is 13.8. The maximum atomic E-state index is 13.8. The Hall–Kier alpha value is -1.62. The third-order valence-electron chi connectivity index (χ3n) is 2.77. The van der Waals surface area contributed by atoms with Crippen molar-refractivity contribution in [2.45, 2.75) is 6.10 Å². The quantitative estimate of drug-likeness (QED) is 0.902. The van der Waals surface area contributed by atoms with Gasteiger partial charge in [0.1, 0.15) is 5.82 Å². The lowest BCUT2D eigenvalue weighted by Crippen LogP contribution is -2.10. The molecule has 0 aliphatic carbocycles. The molecule has 0 saturated heterocycles. The van der Waals surface area contributed by atoms with Crippen molar-refractivity contribution < 1.29 is 19.4 Å². The van der Waals surface area contributed by atoms with Gasteiger partial charge in [0.2, 0.25) is 0 Å². The van der Waals surface area contributed by atoms with Gasteiger partial charge in [0, 0.05) is 5.56 Å². The number of aliphatic hydroxyl groups excluding tert-OH is 1. The van der Waals surface area contributed by atoms with E-state index in [1.807, 2.05) is 0 Å². The van der Waals surface area contributed by atoms with Crippen molar-refractivity contribution in [2.75, 3.05) is 0 Å². The lowest BCUT2D eigenvalue weighted by atomic mass is 10.00. The summed E-state index contributed by atoms with van der Waals surface area (Å²) in [6, 6.07) is 8.13. The van der Waals surface area contributed by atoms with Crippen LogP contribution in [0.15, 0.2) is 36.4 Å². The first-order valence-corrected chi connectivity index (χ1v) is 6.31. The monoisotopic (exact) mass is 314 g/mol. The lowest BCUT2D eigenvalue weighted by molar-refractivity contribution is -0.146. The third kappa shape index (κ3) is 2.93. The van der Waals surface area contributed by atoms with Gasteiger partial charge in [-0.1, -0.05) is 35.3 Å². The number of hydrogen-bond acceptors (Lipinski definition) is 2. The molecule has 2 rings (SSSR count). The van der Waals surface area contributed by atoms with Crippen molar-refractivity contribution in [3.05, 3.63) is 57.8 Å². The first-order valence-electron chi connectivity index (χ1n) is 5.56.